The molecule has 0 spiro atoms. The van der Waals surface area contributed by atoms with Crippen LogP contribution in [0.2, 0.25) is 0 Å². The Morgan fingerprint density at radius 2 is 1.74 bits per heavy atom. The topological polar surface area (TPSA) is 72.2 Å². The average Bonchev–Trinajstić information content (AvgIpc) is 2.56. The van der Waals surface area contributed by atoms with Crippen molar-refractivity contribution in [1.82, 2.24) is 0 Å². The van der Waals surface area contributed by atoms with E-state index in [1.54, 1.807) is 0 Å². The highest BCUT2D eigenvalue weighted by Crippen LogP contribution is 2.15. The van der Waals surface area contributed by atoms with Gasteiger partial charge in [-0.1, -0.05) is 43.3 Å². The summed E-state index contributed by atoms with van der Waals surface area (Å²) in [6.07, 6.45) is 0.979. The molecule has 0 aliphatic heterocycles. The first-order chi connectivity index (χ1) is 11.0. The van der Waals surface area contributed by atoms with E-state index in [9.17, 15) is 9.59 Å². The summed E-state index contributed by atoms with van der Waals surface area (Å²) in [5.74, 6) is -0.402. The number of primary amides is 1. The number of anilines is 1. The first-order valence-corrected chi connectivity index (χ1v) is 7.67. The highest BCUT2D eigenvalue weighted by atomic mass is 16.1. The lowest BCUT2D eigenvalue weighted by Crippen LogP contribution is -2.22. The predicted molar refractivity (Wildman–Crippen MR) is 92.5 cm³/mol. The van der Waals surface area contributed by atoms with Crippen molar-refractivity contribution in [2.75, 3.05) is 12.4 Å². The lowest BCUT2D eigenvalue weighted by atomic mass is 9.97. The minimum atomic E-state index is -0.298. The summed E-state index contributed by atoms with van der Waals surface area (Å²) in [7, 11) is 1.83. The number of rotatable bonds is 7. The second kappa shape index (κ2) is 7.58. The van der Waals surface area contributed by atoms with Crippen molar-refractivity contribution in [3.8, 4) is 0 Å². The van der Waals surface area contributed by atoms with E-state index >= 15 is 0 Å². The maximum Gasteiger partial charge on any atom is 0.220 e. The first-order valence-electron chi connectivity index (χ1n) is 7.67. The fourth-order valence-corrected chi connectivity index (χ4v) is 2.38. The number of benzene rings is 2. The number of amides is 1. The van der Waals surface area contributed by atoms with Crippen LogP contribution in [0.15, 0.2) is 48.5 Å². The fourth-order valence-electron chi connectivity index (χ4n) is 2.38. The van der Waals surface area contributed by atoms with Crippen molar-refractivity contribution in [3.05, 3.63) is 65.2 Å². The molecule has 0 aromatic heterocycles. The van der Waals surface area contributed by atoms with Crippen molar-refractivity contribution in [1.29, 1.82) is 0 Å². The smallest absolute Gasteiger partial charge is 0.220 e. The molecule has 0 bridgehead atoms. The summed E-state index contributed by atoms with van der Waals surface area (Å²) in [6.45, 7) is 1.81. The van der Waals surface area contributed by atoms with Crippen molar-refractivity contribution < 1.29 is 9.59 Å². The normalized spacial score (nSPS) is 11.7. The molecule has 0 saturated heterocycles. The van der Waals surface area contributed by atoms with Crippen LogP contribution in [0.5, 0.6) is 0 Å². The highest BCUT2D eigenvalue weighted by Gasteiger charge is 2.11. The van der Waals surface area contributed by atoms with E-state index in [0.29, 0.717) is 18.4 Å². The lowest BCUT2D eigenvalue weighted by molar-refractivity contribution is -0.121. The standard InChI is InChI=1S/C19H22N2O2/c1-13(19(20)23)10-14-6-8-15(9-7-14)11-18(22)16-4-3-5-17(12-16)21-2/h3-9,12-13,21H,10-11H2,1-2H3,(H2,20,23). The minimum absolute atomic E-state index is 0.0837. The molecule has 0 aliphatic carbocycles. The summed E-state index contributed by atoms with van der Waals surface area (Å²) in [5.41, 5.74) is 8.90. The molecule has 0 aliphatic rings. The molecule has 2 rings (SSSR count). The SMILES string of the molecule is CNc1cccc(C(=O)Cc2ccc(CC(C)C(N)=O)cc2)c1. The third kappa shape index (κ3) is 4.68. The Morgan fingerprint density at radius 3 is 2.35 bits per heavy atom. The number of carbonyl (C=O) groups is 2. The Hall–Kier alpha value is -2.62. The van der Waals surface area contributed by atoms with E-state index in [-0.39, 0.29) is 17.6 Å². The fraction of sp³-hybridized carbons (Fsp3) is 0.263. The molecule has 4 nitrogen and oxygen atoms in total. The van der Waals surface area contributed by atoms with Gasteiger partial charge in [-0.3, -0.25) is 9.59 Å². The Kier molecular flexibility index (Phi) is 5.52. The molecule has 4 heteroatoms. The quantitative estimate of drug-likeness (QED) is 0.772. The van der Waals surface area contributed by atoms with Gasteiger partial charge in [0.2, 0.25) is 5.91 Å². The molecular weight excluding hydrogens is 288 g/mol. The Labute approximate surface area is 136 Å². The van der Waals surface area contributed by atoms with Gasteiger partial charge in [0.05, 0.1) is 0 Å². The van der Waals surface area contributed by atoms with Gasteiger partial charge in [0.1, 0.15) is 0 Å². The van der Waals surface area contributed by atoms with Crippen LogP contribution in [0.4, 0.5) is 5.69 Å². The van der Waals surface area contributed by atoms with E-state index in [4.69, 9.17) is 5.73 Å². The second-order valence-electron chi connectivity index (χ2n) is 5.75. The molecule has 3 N–H and O–H groups in total. The first kappa shape index (κ1) is 16.7. The zero-order valence-corrected chi connectivity index (χ0v) is 13.5. The molecular formula is C19H22N2O2. The summed E-state index contributed by atoms with van der Waals surface area (Å²) >= 11 is 0. The number of carbonyl (C=O) groups excluding carboxylic acids is 2. The van der Waals surface area contributed by atoms with Crippen molar-refractivity contribution in [2.24, 2.45) is 11.7 Å². The average molecular weight is 310 g/mol. The zero-order valence-electron chi connectivity index (χ0n) is 13.5. The van der Waals surface area contributed by atoms with Crippen LogP contribution in [0.25, 0.3) is 0 Å². The zero-order chi connectivity index (χ0) is 16.8. The minimum Gasteiger partial charge on any atom is -0.388 e. The number of nitrogens with two attached hydrogens (primary N) is 1. The number of Topliss-reactive ketones (excluding diaryl/α,β-unsaturated/α-hetero) is 1. The van der Waals surface area contributed by atoms with Gasteiger partial charge in [-0.05, 0) is 29.7 Å². The van der Waals surface area contributed by atoms with Crippen molar-refractivity contribution in [3.63, 3.8) is 0 Å². The van der Waals surface area contributed by atoms with Gasteiger partial charge < -0.3 is 11.1 Å². The van der Waals surface area contributed by atoms with Gasteiger partial charge >= 0.3 is 0 Å². The molecule has 2 aromatic carbocycles. The molecule has 0 fully saturated rings. The van der Waals surface area contributed by atoms with Crippen LogP contribution in [0, 0.1) is 5.92 Å². The largest absolute Gasteiger partial charge is 0.388 e. The highest BCUT2D eigenvalue weighted by molar-refractivity contribution is 5.98. The summed E-state index contributed by atoms with van der Waals surface area (Å²) in [4.78, 5) is 23.4. The van der Waals surface area contributed by atoms with E-state index in [1.165, 1.54) is 0 Å². The molecule has 1 unspecified atom stereocenters. The molecule has 1 amide bonds. The van der Waals surface area contributed by atoms with Gasteiger partial charge in [-0.2, -0.15) is 0 Å². The second-order valence-corrected chi connectivity index (χ2v) is 5.75. The summed E-state index contributed by atoms with van der Waals surface area (Å²) in [5, 5.41) is 3.03. The van der Waals surface area contributed by atoms with Crippen molar-refractivity contribution in [2.45, 2.75) is 19.8 Å². The number of hydrogen-bond donors (Lipinski definition) is 2. The van der Waals surface area contributed by atoms with E-state index in [1.807, 2.05) is 62.5 Å². The maximum atomic E-state index is 12.3. The van der Waals surface area contributed by atoms with Gasteiger partial charge in [0.25, 0.3) is 0 Å². The van der Waals surface area contributed by atoms with E-state index in [0.717, 1.165) is 16.8 Å². The van der Waals surface area contributed by atoms with E-state index < -0.39 is 0 Å². The van der Waals surface area contributed by atoms with Gasteiger partial charge in [-0.15, -0.1) is 0 Å². The monoisotopic (exact) mass is 310 g/mol. The van der Waals surface area contributed by atoms with Crippen LogP contribution in [-0.4, -0.2) is 18.7 Å². The molecule has 0 saturated carbocycles. The van der Waals surface area contributed by atoms with Gasteiger partial charge in [-0.25, -0.2) is 0 Å². The number of ketones is 1. The van der Waals surface area contributed by atoms with Crippen molar-refractivity contribution >= 4 is 17.4 Å². The van der Waals surface area contributed by atoms with Crippen LogP contribution in [0.1, 0.15) is 28.4 Å². The van der Waals surface area contributed by atoms with Crippen LogP contribution in [-0.2, 0) is 17.6 Å². The predicted octanol–water partition coefficient (Wildman–Crippen LogP) is 2.82. The van der Waals surface area contributed by atoms with Crippen LogP contribution < -0.4 is 11.1 Å². The molecule has 0 radical (unpaired) electrons. The molecule has 0 heterocycles. The third-order valence-corrected chi connectivity index (χ3v) is 3.89. The Bertz CT molecular complexity index is 693. The molecule has 23 heavy (non-hydrogen) atoms. The molecule has 120 valence electrons. The third-order valence-electron chi connectivity index (χ3n) is 3.89. The summed E-state index contributed by atoms with van der Waals surface area (Å²) < 4.78 is 0. The molecule has 2 aromatic rings. The Balaban J connectivity index is 2.02. The van der Waals surface area contributed by atoms with Gasteiger partial charge in [0, 0.05) is 30.6 Å². The maximum absolute atomic E-state index is 12.3. The number of nitrogens with one attached hydrogen (secondary N) is 1. The van der Waals surface area contributed by atoms with Crippen LogP contribution in [0.3, 0.4) is 0 Å². The summed E-state index contributed by atoms with van der Waals surface area (Å²) in [6, 6.07) is 15.2. The van der Waals surface area contributed by atoms with E-state index in [2.05, 4.69) is 5.32 Å². The lowest BCUT2D eigenvalue weighted by Gasteiger charge is -2.08. The van der Waals surface area contributed by atoms with Gasteiger partial charge in [0.15, 0.2) is 5.78 Å². The molecule has 1 atom stereocenters. The van der Waals surface area contributed by atoms with Crippen LogP contribution >= 0.6 is 0 Å². The Morgan fingerprint density at radius 1 is 1.09 bits per heavy atom. The number of hydrogen-bond acceptors (Lipinski definition) is 3.